The van der Waals surface area contributed by atoms with Crippen molar-refractivity contribution >= 4 is 27.4 Å². The van der Waals surface area contributed by atoms with Crippen molar-refractivity contribution in [3.63, 3.8) is 0 Å². The molecule has 1 atom stereocenters. The molecule has 0 saturated heterocycles. The Hall–Kier alpha value is -2.39. The summed E-state index contributed by atoms with van der Waals surface area (Å²) in [5, 5.41) is 11.6. The van der Waals surface area contributed by atoms with Crippen molar-refractivity contribution in [3.05, 3.63) is 35.6 Å². The summed E-state index contributed by atoms with van der Waals surface area (Å²) in [6.07, 6.45) is 0.648. The third kappa shape index (κ3) is 3.26. The number of nitrogens with one attached hydrogen (secondary N) is 1. The fourth-order valence-electron chi connectivity index (χ4n) is 2.85. The lowest BCUT2D eigenvalue weighted by atomic mass is 10.1. The molecule has 2 heterocycles. The van der Waals surface area contributed by atoms with Crippen LogP contribution in [0.4, 0.5) is 11.5 Å². The summed E-state index contributed by atoms with van der Waals surface area (Å²) in [5.74, 6) is 0.758. The molecule has 24 heavy (non-hydrogen) atoms. The van der Waals surface area contributed by atoms with Crippen LogP contribution < -0.4 is 15.4 Å². The number of amides is 1. The van der Waals surface area contributed by atoms with Crippen LogP contribution in [0.2, 0.25) is 0 Å². The molecule has 0 saturated carbocycles. The number of primary sulfonamides is 1. The van der Waals surface area contributed by atoms with Gasteiger partial charge in [-0.15, -0.1) is 0 Å². The Balaban J connectivity index is 1.77. The smallest absolute Gasteiger partial charge is 0.245 e. The zero-order valence-corrected chi connectivity index (χ0v) is 14.1. The molecule has 1 aliphatic rings. The summed E-state index contributed by atoms with van der Waals surface area (Å²) >= 11 is 0. The van der Waals surface area contributed by atoms with Gasteiger partial charge < -0.3 is 14.7 Å². The van der Waals surface area contributed by atoms with Crippen LogP contribution in [0.5, 0.6) is 0 Å². The van der Waals surface area contributed by atoms with Crippen molar-refractivity contribution in [2.75, 3.05) is 16.8 Å². The van der Waals surface area contributed by atoms with Gasteiger partial charge in [0, 0.05) is 17.8 Å². The van der Waals surface area contributed by atoms with E-state index in [2.05, 4.69) is 10.5 Å². The molecule has 0 bridgehead atoms. The Bertz CT molecular complexity index is 891. The molecule has 9 heteroatoms. The zero-order chi connectivity index (χ0) is 17.5. The van der Waals surface area contributed by atoms with E-state index in [-0.39, 0.29) is 23.4 Å². The molecule has 1 aromatic carbocycles. The van der Waals surface area contributed by atoms with Gasteiger partial charge in [0.15, 0.2) is 5.82 Å². The summed E-state index contributed by atoms with van der Waals surface area (Å²) in [6, 6.07) is 6.42. The first kappa shape index (κ1) is 16.5. The first-order valence-corrected chi connectivity index (χ1v) is 8.94. The second-order valence-electron chi connectivity index (χ2n) is 5.89. The van der Waals surface area contributed by atoms with E-state index in [1.165, 1.54) is 6.07 Å². The SMILES string of the molecule is Cc1cc(NC(=O)CN2c3ccc(S(N)(=O)=O)cc3C[C@H]2C)no1. The number of hydrogen-bond donors (Lipinski definition) is 2. The maximum Gasteiger partial charge on any atom is 0.245 e. The van der Waals surface area contributed by atoms with E-state index in [9.17, 15) is 13.2 Å². The van der Waals surface area contributed by atoms with Gasteiger partial charge in [0.05, 0.1) is 11.4 Å². The van der Waals surface area contributed by atoms with Crippen molar-refractivity contribution in [1.82, 2.24) is 5.16 Å². The van der Waals surface area contributed by atoms with Crippen LogP contribution in [0.3, 0.4) is 0 Å². The Kier molecular flexibility index (Phi) is 4.06. The molecule has 0 spiro atoms. The van der Waals surface area contributed by atoms with Crippen LogP contribution in [0.15, 0.2) is 33.7 Å². The Labute approximate surface area is 139 Å². The molecular weight excluding hydrogens is 332 g/mol. The lowest BCUT2D eigenvalue weighted by molar-refractivity contribution is -0.115. The number of nitrogens with zero attached hydrogens (tertiary/aromatic N) is 2. The summed E-state index contributed by atoms with van der Waals surface area (Å²) in [7, 11) is -3.74. The molecule has 2 aromatic rings. The minimum Gasteiger partial charge on any atom is -0.360 e. The highest BCUT2D eigenvalue weighted by Crippen LogP contribution is 2.33. The molecule has 3 N–H and O–H groups in total. The van der Waals surface area contributed by atoms with E-state index >= 15 is 0 Å². The maximum absolute atomic E-state index is 12.2. The molecule has 1 aromatic heterocycles. The molecule has 8 nitrogen and oxygen atoms in total. The highest BCUT2D eigenvalue weighted by atomic mass is 32.2. The monoisotopic (exact) mass is 350 g/mol. The van der Waals surface area contributed by atoms with Crippen LogP contribution >= 0.6 is 0 Å². The number of carbonyl (C=O) groups is 1. The van der Waals surface area contributed by atoms with E-state index < -0.39 is 10.0 Å². The molecule has 0 aliphatic carbocycles. The standard InChI is InChI=1S/C15H18N4O4S/c1-9-5-11-7-12(24(16,21)22)3-4-13(11)19(9)8-15(20)17-14-6-10(2)23-18-14/h3-4,6-7,9H,5,8H2,1-2H3,(H2,16,21,22)(H,17,18,20)/t9-/m1/s1. The number of aryl methyl sites for hydroxylation is 1. The molecule has 0 radical (unpaired) electrons. The van der Waals surface area contributed by atoms with Crippen LogP contribution in [-0.4, -0.2) is 32.1 Å². The van der Waals surface area contributed by atoms with Gasteiger partial charge in [0.1, 0.15) is 5.76 Å². The number of aromatic nitrogens is 1. The number of benzene rings is 1. The van der Waals surface area contributed by atoms with Crippen molar-refractivity contribution in [3.8, 4) is 0 Å². The summed E-state index contributed by atoms with van der Waals surface area (Å²) in [6.45, 7) is 3.85. The van der Waals surface area contributed by atoms with Crippen molar-refractivity contribution in [2.45, 2.75) is 31.2 Å². The van der Waals surface area contributed by atoms with E-state index in [1.54, 1.807) is 25.1 Å². The Morgan fingerprint density at radius 3 is 2.83 bits per heavy atom. The van der Waals surface area contributed by atoms with Gasteiger partial charge in [0.25, 0.3) is 0 Å². The molecule has 0 unspecified atom stereocenters. The number of rotatable bonds is 4. The topological polar surface area (TPSA) is 119 Å². The molecule has 128 valence electrons. The van der Waals surface area contributed by atoms with Gasteiger partial charge >= 0.3 is 0 Å². The van der Waals surface area contributed by atoms with Gasteiger partial charge in [-0.1, -0.05) is 5.16 Å². The number of carbonyl (C=O) groups excluding carboxylic acids is 1. The average molecular weight is 350 g/mol. The first-order chi connectivity index (χ1) is 11.2. The number of fused-ring (bicyclic) bond motifs is 1. The van der Waals surface area contributed by atoms with Crippen LogP contribution in [0.1, 0.15) is 18.2 Å². The van der Waals surface area contributed by atoms with Gasteiger partial charge in [-0.2, -0.15) is 0 Å². The number of anilines is 2. The fraction of sp³-hybridized carbons (Fsp3) is 0.333. The van der Waals surface area contributed by atoms with E-state index in [4.69, 9.17) is 9.66 Å². The largest absolute Gasteiger partial charge is 0.360 e. The fourth-order valence-corrected chi connectivity index (χ4v) is 3.42. The highest BCUT2D eigenvalue weighted by molar-refractivity contribution is 7.89. The molecular formula is C15H18N4O4S. The number of nitrogens with two attached hydrogens (primary N) is 1. The van der Waals surface area contributed by atoms with Gasteiger partial charge in [0.2, 0.25) is 15.9 Å². The quantitative estimate of drug-likeness (QED) is 0.850. The van der Waals surface area contributed by atoms with Crippen molar-refractivity contribution in [2.24, 2.45) is 5.14 Å². The van der Waals surface area contributed by atoms with E-state index in [0.717, 1.165) is 11.3 Å². The molecule has 1 aliphatic heterocycles. The predicted molar refractivity (Wildman–Crippen MR) is 88.2 cm³/mol. The minimum absolute atomic E-state index is 0.0699. The molecule has 0 fully saturated rings. The summed E-state index contributed by atoms with van der Waals surface area (Å²) in [4.78, 5) is 14.2. The lowest BCUT2D eigenvalue weighted by Crippen LogP contribution is -2.37. The lowest BCUT2D eigenvalue weighted by Gasteiger charge is -2.23. The average Bonchev–Trinajstić information content (AvgIpc) is 3.01. The summed E-state index contributed by atoms with van der Waals surface area (Å²) in [5.41, 5.74) is 1.69. The Morgan fingerprint density at radius 1 is 1.46 bits per heavy atom. The normalized spacial score (nSPS) is 17.0. The first-order valence-electron chi connectivity index (χ1n) is 7.39. The number of sulfonamides is 1. The predicted octanol–water partition coefficient (Wildman–Crippen LogP) is 1.02. The molecule has 3 rings (SSSR count). The zero-order valence-electron chi connectivity index (χ0n) is 13.3. The second kappa shape index (κ2) is 5.91. The maximum atomic E-state index is 12.2. The number of hydrogen-bond acceptors (Lipinski definition) is 6. The van der Waals surface area contributed by atoms with Crippen molar-refractivity contribution < 1.29 is 17.7 Å². The molecule has 1 amide bonds. The second-order valence-corrected chi connectivity index (χ2v) is 7.45. The van der Waals surface area contributed by atoms with Crippen LogP contribution in [-0.2, 0) is 21.2 Å². The Morgan fingerprint density at radius 2 is 2.21 bits per heavy atom. The van der Waals surface area contributed by atoms with Gasteiger partial charge in [-0.25, -0.2) is 13.6 Å². The highest BCUT2D eigenvalue weighted by Gasteiger charge is 2.28. The third-order valence-corrected chi connectivity index (χ3v) is 4.86. The third-order valence-electron chi connectivity index (χ3n) is 3.95. The van der Waals surface area contributed by atoms with Crippen LogP contribution in [0, 0.1) is 6.92 Å². The van der Waals surface area contributed by atoms with E-state index in [1.807, 2.05) is 11.8 Å². The summed E-state index contributed by atoms with van der Waals surface area (Å²) < 4.78 is 27.8. The van der Waals surface area contributed by atoms with Gasteiger partial charge in [-0.05, 0) is 44.0 Å². The van der Waals surface area contributed by atoms with Gasteiger partial charge in [-0.3, -0.25) is 4.79 Å². The van der Waals surface area contributed by atoms with Crippen molar-refractivity contribution in [1.29, 1.82) is 0 Å². The van der Waals surface area contributed by atoms with E-state index in [0.29, 0.717) is 18.0 Å². The minimum atomic E-state index is -3.74. The van der Waals surface area contributed by atoms with Crippen LogP contribution in [0.25, 0.3) is 0 Å².